The first-order valence-electron chi connectivity index (χ1n) is 6.24. The van der Waals surface area contributed by atoms with E-state index in [1.165, 1.54) is 6.07 Å². The molecule has 2 rings (SSSR count). The van der Waals surface area contributed by atoms with Gasteiger partial charge in [0.25, 0.3) is 0 Å². The van der Waals surface area contributed by atoms with Crippen molar-refractivity contribution in [2.45, 2.75) is 26.4 Å². The van der Waals surface area contributed by atoms with Gasteiger partial charge in [-0.3, -0.25) is 0 Å². The van der Waals surface area contributed by atoms with Crippen LogP contribution in [0.4, 0.5) is 4.79 Å². The van der Waals surface area contributed by atoms with Crippen molar-refractivity contribution in [1.29, 1.82) is 0 Å². The highest BCUT2D eigenvalue weighted by Crippen LogP contribution is 2.29. The smallest absolute Gasteiger partial charge is 0.498 e. The second kappa shape index (κ2) is 5.59. The van der Waals surface area contributed by atoms with E-state index in [1.807, 2.05) is 0 Å². The third-order valence-electron chi connectivity index (χ3n) is 2.53. The van der Waals surface area contributed by atoms with Crippen molar-refractivity contribution in [2.24, 2.45) is 0 Å². The summed E-state index contributed by atoms with van der Waals surface area (Å²) in [4.78, 5) is 12.3. The van der Waals surface area contributed by atoms with E-state index in [9.17, 15) is 4.79 Å². The van der Waals surface area contributed by atoms with Crippen molar-refractivity contribution in [3.05, 3.63) is 29.3 Å². The molecule has 0 fully saturated rings. The summed E-state index contributed by atoms with van der Waals surface area (Å²) in [6.07, 6.45) is -0.699. The van der Waals surface area contributed by atoms with Gasteiger partial charge in [0.15, 0.2) is 5.88 Å². The molecule has 0 aliphatic heterocycles. The molecule has 0 bridgehead atoms. The lowest BCUT2D eigenvalue weighted by Crippen LogP contribution is -2.29. The second-order valence-electron chi connectivity index (χ2n) is 5.45. The van der Waals surface area contributed by atoms with Gasteiger partial charge in [0, 0.05) is 16.5 Å². The zero-order valence-electron chi connectivity index (χ0n) is 11.8. The summed E-state index contributed by atoms with van der Waals surface area (Å²) in [6, 6.07) is 6.41. The number of benzene rings is 1. The molecule has 1 aromatic carbocycles. The number of hydrogen-bond donors (Lipinski definition) is 2. The number of nitrogens with zero attached hydrogens (tertiary/aromatic N) is 1. The van der Waals surface area contributed by atoms with Gasteiger partial charge in [0.2, 0.25) is 0 Å². The van der Waals surface area contributed by atoms with E-state index in [0.717, 1.165) is 4.57 Å². The number of rotatable bonds is 2. The highest BCUT2D eigenvalue weighted by Gasteiger charge is 2.25. The van der Waals surface area contributed by atoms with E-state index < -0.39 is 19.0 Å². The first kappa shape index (κ1) is 15.7. The van der Waals surface area contributed by atoms with Crippen LogP contribution in [0.5, 0.6) is 5.88 Å². The molecule has 0 atom stereocenters. The van der Waals surface area contributed by atoms with Gasteiger partial charge in [0.05, 0.1) is 5.52 Å². The summed E-state index contributed by atoms with van der Waals surface area (Å²) in [6.45, 7) is 5.18. The van der Waals surface area contributed by atoms with Crippen LogP contribution in [0.25, 0.3) is 10.9 Å². The lowest BCUT2D eigenvalue weighted by atomic mass is 10.2. The van der Waals surface area contributed by atoms with E-state index in [1.54, 1.807) is 39.0 Å². The Morgan fingerprint density at radius 3 is 2.52 bits per heavy atom. The highest BCUT2D eigenvalue weighted by atomic mass is 35.5. The first-order valence-corrected chi connectivity index (χ1v) is 6.62. The lowest BCUT2D eigenvalue weighted by molar-refractivity contribution is 0.0535. The van der Waals surface area contributed by atoms with E-state index >= 15 is 0 Å². The molecule has 0 aliphatic rings. The molecular weight excluding hydrogens is 296 g/mol. The Balaban J connectivity index is 2.56. The van der Waals surface area contributed by atoms with Crippen LogP contribution in [0.3, 0.4) is 0 Å². The standard InChI is InChI=1S/C13H15BClNO5/c1-13(2,3)20-12(17)16-10-7-9(15)5-4-8(10)6-11(16)21-14(18)19/h4-7,18-19H,1-3H3. The van der Waals surface area contributed by atoms with Gasteiger partial charge in [0.1, 0.15) is 5.60 Å². The van der Waals surface area contributed by atoms with E-state index in [0.29, 0.717) is 15.9 Å². The van der Waals surface area contributed by atoms with Gasteiger partial charge in [-0.05, 0) is 32.9 Å². The number of carbonyl (C=O) groups excluding carboxylic acids is 1. The van der Waals surface area contributed by atoms with Gasteiger partial charge < -0.3 is 19.4 Å². The summed E-state index contributed by atoms with van der Waals surface area (Å²) >= 11 is 5.94. The van der Waals surface area contributed by atoms with E-state index in [4.69, 9.17) is 31.0 Å². The average molecular weight is 312 g/mol. The molecule has 0 spiro atoms. The van der Waals surface area contributed by atoms with Gasteiger partial charge in [-0.1, -0.05) is 17.7 Å². The summed E-state index contributed by atoms with van der Waals surface area (Å²) in [5.41, 5.74) is -0.256. The molecule has 0 amide bonds. The van der Waals surface area contributed by atoms with Gasteiger partial charge >= 0.3 is 13.4 Å². The number of ether oxygens (including phenoxy) is 1. The number of hydrogen-bond acceptors (Lipinski definition) is 5. The maximum atomic E-state index is 12.3. The molecule has 6 nitrogen and oxygen atoms in total. The molecule has 0 saturated heterocycles. The largest absolute Gasteiger partial charge is 0.708 e. The molecule has 0 radical (unpaired) electrons. The summed E-state index contributed by atoms with van der Waals surface area (Å²) in [7, 11) is -2.05. The number of fused-ring (bicyclic) bond motifs is 1. The van der Waals surface area contributed by atoms with Crippen LogP contribution in [0.2, 0.25) is 5.02 Å². The topological polar surface area (TPSA) is 80.9 Å². The fourth-order valence-electron chi connectivity index (χ4n) is 1.84. The third kappa shape index (κ3) is 3.69. The molecule has 112 valence electrons. The highest BCUT2D eigenvalue weighted by molar-refractivity contribution is 6.34. The lowest BCUT2D eigenvalue weighted by Gasteiger charge is -2.20. The van der Waals surface area contributed by atoms with Crippen molar-refractivity contribution in [1.82, 2.24) is 4.57 Å². The van der Waals surface area contributed by atoms with Crippen molar-refractivity contribution >= 4 is 35.9 Å². The Hall–Kier alpha value is -1.70. The quantitative estimate of drug-likeness (QED) is 0.833. The number of halogens is 1. The molecule has 0 aliphatic carbocycles. The second-order valence-corrected chi connectivity index (χ2v) is 5.88. The molecule has 21 heavy (non-hydrogen) atoms. The fourth-order valence-corrected chi connectivity index (χ4v) is 2.01. The molecule has 2 N–H and O–H groups in total. The van der Waals surface area contributed by atoms with Crippen LogP contribution in [0.1, 0.15) is 20.8 Å². The van der Waals surface area contributed by atoms with Gasteiger partial charge in [-0.25, -0.2) is 9.36 Å². The van der Waals surface area contributed by atoms with Crippen LogP contribution < -0.4 is 4.65 Å². The van der Waals surface area contributed by atoms with Crippen molar-refractivity contribution in [3.8, 4) is 5.88 Å². The van der Waals surface area contributed by atoms with Crippen molar-refractivity contribution in [2.75, 3.05) is 0 Å². The molecule has 0 unspecified atom stereocenters. The average Bonchev–Trinajstić information content (AvgIpc) is 2.62. The zero-order valence-corrected chi connectivity index (χ0v) is 12.6. The third-order valence-corrected chi connectivity index (χ3v) is 2.77. The minimum atomic E-state index is -2.05. The van der Waals surface area contributed by atoms with Gasteiger partial charge in [-0.2, -0.15) is 0 Å². The Morgan fingerprint density at radius 2 is 1.95 bits per heavy atom. The number of carbonyl (C=O) groups is 1. The maximum Gasteiger partial charge on any atom is 0.708 e. The first-order chi connectivity index (χ1) is 9.67. The summed E-state index contributed by atoms with van der Waals surface area (Å²) in [5.74, 6) is -0.0449. The Kier molecular flexibility index (Phi) is 4.18. The van der Waals surface area contributed by atoms with Crippen LogP contribution >= 0.6 is 11.6 Å². The normalized spacial score (nSPS) is 11.5. The Labute approximate surface area is 127 Å². The predicted molar refractivity (Wildman–Crippen MR) is 79.4 cm³/mol. The number of aromatic nitrogens is 1. The van der Waals surface area contributed by atoms with Crippen molar-refractivity contribution in [3.63, 3.8) is 0 Å². The minimum absolute atomic E-state index is 0.0449. The molecule has 2 aromatic rings. The van der Waals surface area contributed by atoms with Crippen LogP contribution in [0, 0.1) is 0 Å². The van der Waals surface area contributed by atoms with Gasteiger partial charge in [-0.15, -0.1) is 0 Å². The van der Waals surface area contributed by atoms with E-state index in [-0.39, 0.29) is 5.88 Å². The summed E-state index contributed by atoms with van der Waals surface area (Å²) in [5, 5.41) is 19.0. The van der Waals surface area contributed by atoms with E-state index in [2.05, 4.69) is 0 Å². The molecule has 0 saturated carbocycles. The predicted octanol–water partition coefficient (Wildman–Crippen LogP) is 2.43. The molecule has 1 aromatic heterocycles. The Bertz CT molecular complexity index is 677. The molecule has 8 heteroatoms. The SMILES string of the molecule is CC(C)(C)OC(=O)n1c(OB(O)O)cc2ccc(Cl)cc21. The monoisotopic (exact) mass is 311 g/mol. The summed E-state index contributed by atoms with van der Waals surface area (Å²) < 4.78 is 11.2. The van der Waals surface area contributed by atoms with Crippen LogP contribution in [-0.2, 0) is 4.74 Å². The maximum absolute atomic E-state index is 12.3. The van der Waals surface area contributed by atoms with Crippen molar-refractivity contribution < 1.29 is 24.2 Å². The fraction of sp³-hybridized carbons (Fsp3) is 0.308. The molecular formula is C13H15BClNO5. The van der Waals surface area contributed by atoms with Crippen LogP contribution in [0.15, 0.2) is 24.3 Å². The Morgan fingerprint density at radius 1 is 1.29 bits per heavy atom. The zero-order chi connectivity index (χ0) is 15.8. The minimum Gasteiger partial charge on any atom is -0.498 e. The molecule has 1 heterocycles. The van der Waals surface area contributed by atoms with Crippen LogP contribution in [-0.4, -0.2) is 33.6 Å².